The molecule has 0 atom stereocenters. The third kappa shape index (κ3) is 5.74. The summed E-state index contributed by atoms with van der Waals surface area (Å²) in [6.07, 6.45) is 5.93. The quantitative estimate of drug-likeness (QED) is 0.450. The van der Waals surface area contributed by atoms with Crippen LogP contribution in [0.4, 0.5) is 5.13 Å². The minimum Gasteiger partial charge on any atom is -0.357 e. The Labute approximate surface area is 197 Å². The number of benzene rings is 1. The number of pyridine rings is 1. The van der Waals surface area contributed by atoms with Gasteiger partial charge < -0.3 is 5.32 Å². The van der Waals surface area contributed by atoms with Crippen LogP contribution in [0.15, 0.2) is 75.6 Å². The highest BCUT2D eigenvalue weighted by molar-refractivity contribution is 8.01. The lowest BCUT2D eigenvalue weighted by Gasteiger charge is -2.31. The molecule has 0 unspecified atom stereocenters. The van der Waals surface area contributed by atoms with Gasteiger partial charge in [0.2, 0.25) is 15.2 Å². The molecular weight excluding hydrogens is 462 g/mol. The molecule has 3 aromatic rings. The first-order valence-corrected chi connectivity index (χ1v) is 13.5. The van der Waals surface area contributed by atoms with E-state index in [4.69, 9.17) is 0 Å². The highest BCUT2D eigenvalue weighted by Gasteiger charge is 2.29. The van der Waals surface area contributed by atoms with Gasteiger partial charge in [-0.25, -0.2) is 13.4 Å². The summed E-state index contributed by atoms with van der Waals surface area (Å²) in [5, 5.41) is 12.7. The molecule has 7 nitrogen and oxygen atoms in total. The molecule has 2 aromatic heterocycles. The summed E-state index contributed by atoms with van der Waals surface area (Å²) >= 11 is 2.77. The second kappa shape index (κ2) is 10.6. The third-order valence-electron chi connectivity index (χ3n) is 5.28. The Balaban J connectivity index is 1.34. The molecule has 0 bridgehead atoms. The van der Waals surface area contributed by atoms with Crippen LogP contribution in [0.1, 0.15) is 18.4 Å². The summed E-state index contributed by atoms with van der Waals surface area (Å²) in [7, 11) is -3.54. The van der Waals surface area contributed by atoms with Crippen LogP contribution in [0.3, 0.4) is 0 Å². The second-order valence-electron chi connectivity index (χ2n) is 7.51. The SMILES string of the molecule is C=CCNc1nnc(Sc2ccc(S(=O)(=O)N3CCC(Cc4ccccc4)CC3)cn2)s1. The van der Waals surface area contributed by atoms with Gasteiger partial charge in [0, 0.05) is 25.8 Å². The molecule has 0 amide bonds. The topological polar surface area (TPSA) is 88.1 Å². The van der Waals surface area contributed by atoms with Gasteiger partial charge in [0.15, 0.2) is 4.34 Å². The second-order valence-corrected chi connectivity index (χ2v) is 11.7. The van der Waals surface area contributed by atoms with Crippen molar-refractivity contribution in [2.75, 3.05) is 25.0 Å². The van der Waals surface area contributed by atoms with E-state index in [1.165, 1.54) is 34.9 Å². The molecule has 1 N–H and O–H groups in total. The van der Waals surface area contributed by atoms with Crippen molar-refractivity contribution in [1.29, 1.82) is 0 Å². The molecule has 0 spiro atoms. The molecule has 0 radical (unpaired) electrons. The molecule has 10 heteroatoms. The molecule has 168 valence electrons. The van der Waals surface area contributed by atoms with E-state index in [0.717, 1.165) is 23.6 Å². The number of aromatic nitrogens is 3. The molecule has 3 heterocycles. The Morgan fingerprint density at radius 3 is 2.62 bits per heavy atom. The van der Waals surface area contributed by atoms with E-state index in [1.807, 2.05) is 18.2 Å². The molecule has 1 saturated heterocycles. The van der Waals surface area contributed by atoms with Gasteiger partial charge in [0.25, 0.3) is 0 Å². The van der Waals surface area contributed by atoms with Gasteiger partial charge in [-0.1, -0.05) is 47.7 Å². The summed E-state index contributed by atoms with van der Waals surface area (Å²) in [6, 6.07) is 13.7. The standard InChI is InChI=1S/C22H25N5O2S3/c1-2-12-23-21-25-26-22(31-21)30-20-9-8-19(16-24-20)32(28,29)27-13-10-18(11-14-27)15-17-6-4-3-5-7-17/h2-9,16,18H,1,10-15H2,(H,23,25). The molecule has 1 aliphatic heterocycles. The Hall–Kier alpha value is -2.27. The van der Waals surface area contributed by atoms with Crippen molar-refractivity contribution in [1.82, 2.24) is 19.5 Å². The third-order valence-corrected chi connectivity index (χ3v) is 9.05. The van der Waals surface area contributed by atoms with E-state index < -0.39 is 10.0 Å². The lowest BCUT2D eigenvalue weighted by molar-refractivity contribution is 0.273. The smallest absolute Gasteiger partial charge is 0.244 e. The molecule has 0 saturated carbocycles. The average Bonchev–Trinajstić information content (AvgIpc) is 3.26. The van der Waals surface area contributed by atoms with E-state index in [-0.39, 0.29) is 4.90 Å². The summed E-state index contributed by atoms with van der Waals surface area (Å²) in [5.41, 5.74) is 1.31. The monoisotopic (exact) mass is 487 g/mol. The first-order valence-electron chi connectivity index (χ1n) is 10.4. The van der Waals surface area contributed by atoms with Crippen molar-refractivity contribution in [3.05, 3.63) is 66.9 Å². The lowest BCUT2D eigenvalue weighted by Crippen LogP contribution is -2.38. The fraction of sp³-hybridized carbons (Fsp3) is 0.318. The van der Waals surface area contributed by atoms with E-state index in [9.17, 15) is 8.42 Å². The van der Waals surface area contributed by atoms with Crippen LogP contribution < -0.4 is 5.32 Å². The van der Waals surface area contributed by atoms with Crippen molar-refractivity contribution in [3.8, 4) is 0 Å². The van der Waals surface area contributed by atoms with Crippen LogP contribution in [0.2, 0.25) is 0 Å². The predicted molar refractivity (Wildman–Crippen MR) is 129 cm³/mol. The number of sulfonamides is 1. The maximum absolute atomic E-state index is 13.1. The molecule has 1 fully saturated rings. The number of hydrogen-bond acceptors (Lipinski definition) is 8. The van der Waals surface area contributed by atoms with E-state index in [0.29, 0.717) is 35.7 Å². The van der Waals surface area contributed by atoms with E-state index in [1.54, 1.807) is 22.5 Å². The van der Waals surface area contributed by atoms with E-state index >= 15 is 0 Å². The van der Waals surface area contributed by atoms with Gasteiger partial charge in [0.1, 0.15) is 9.92 Å². The molecular formula is C22H25N5O2S3. The summed E-state index contributed by atoms with van der Waals surface area (Å²) in [4.78, 5) is 4.57. The zero-order chi connectivity index (χ0) is 22.4. The summed E-state index contributed by atoms with van der Waals surface area (Å²) < 4.78 is 28.5. The van der Waals surface area contributed by atoms with Crippen LogP contribution in [0.25, 0.3) is 0 Å². The number of anilines is 1. The van der Waals surface area contributed by atoms with Gasteiger partial charge in [-0.3, -0.25) is 0 Å². The maximum atomic E-state index is 13.1. The Bertz CT molecular complexity index is 1130. The van der Waals surface area contributed by atoms with Gasteiger partial charge in [-0.2, -0.15) is 4.31 Å². The molecule has 4 rings (SSSR count). The fourth-order valence-electron chi connectivity index (χ4n) is 3.60. The van der Waals surface area contributed by atoms with Crippen LogP contribution in [0, 0.1) is 5.92 Å². The van der Waals surface area contributed by atoms with Gasteiger partial charge in [-0.15, -0.1) is 16.8 Å². The number of nitrogens with one attached hydrogen (secondary N) is 1. The Morgan fingerprint density at radius 2 is 1.94 bits per heavy atom. The zero-order valence-electron chi connectivity index (χ0n) is 17.6. The summed E-state index contributed by atoms with van der Waals surface area (Å²) in [6.45, 7) is 5.36. The first kappa shape index (κ1) is 22.9. The Kier molecular flexibility index (Phi) is 7.56. The van der Waals surface area contributed by atoms with Gasteiger partial charge >= 0.3 is 0 Å². The van der Waals surface area contributed by atoms with Crippen LogP contribution >= 0.6 is 23.1 Å². The zero-order valence-corrected chi connectivity index (χ0v) is 20.0. The van der Waals surface area contributed by atoms with Crippen LogP contribution in [-0.4, -0.2) is 47.5 Å². The largest absolute Gasteiger partial charge is 0.357 e. The first-order chi connectivity index (χ1) is 15.5. The highest BCUT2D eigenvalue weighted by atomic mass is 32.2. The Morgan fingerprint density at radius 1 is 1.16 bits per heavy atom. The normalized spacial score (nSPS) is 15.5. The van der Waals surface area contributed by atoms with Crippen molar-refractivity contribution in [2.45, 2.75) is 33.5 Å². The van der Waals surface area contributed by atoms with Crippen LogP contribution in [-0.2, 0) is 16.4 Å². The number of hydrogen-bond donors (Lipinski definition) is 1. The molecule has 32 heavy (non-hydrogen) atoms. The summed E-state index contributed by atoms with van der Waals surface area (Å²) in [5.74, 6) is 0.513. The van der Waals surface area contributed by atoms with Gasteiger partial charge in [-0.05, 0) is 54.6 Å². The number of rotatable bonds is 9. The number of piperidine rings is 1. The average molecular weight is 488 g/mol. The minimum absolute atomic E-state index is 0.231. The highest BCUT2D eigenvalue weighted by Crippen LogP contribution is 2.32. The number of nitrogens with zero attached hydrogens (tertiary/aromatic N) is 4. The molecule has 0 aliphatic carbocycles. The van der Waals surface area contributed by atoms with Crippen molar-refractivity contribution in [3.63, 3.8) is 0 Å². The van der Waals surface area contributed by atoms with Crippen molar-refractivity contribution in [2.24, 2.45) is 5.92 Å². The minimum atomic E-state index is -3.54. The predicted octanol–water partition coefficient (Wildman–Crippen LogP) is 4.33. The maximum Gasteiger partial charge on any atom is 0.244 e. The van der Waals surface area contributed by atoms with Crippen molar-refractivity contribution < 1.29 is 8.42 Å². The van der Waals surface area contributed by atoms with Gasteiger partial charge in [0.05, 0.1) is 0 Å². The molecule has 1 aromatic carbocycles. The van der Waals surface area contributed by atoms with E-state index in [2.05, 4.69) is 39.2 Å². The van der Waals surface area contributed by atoms with Crippen LogP contribution in [0.5, 0.6) is 0 Å². The van der Waals surface area contributed by atoms with Crippen molar-refractivity contribution >= 4 is 38.3 Å². The lowest BCUT2D eigenvalue weighted by atomic mass is 9.91. The fourth-order valence-corrected chi connectivity index (χ4v) is 6.66. The molecule has 1 aliphatic rings.